The van der Waals surface area contributed by atoms with Crippen LogP contribution in [0.3, 0.4) is 0 Å². The minimum atomic E-state index is -2.85. The molecule has 3 heterocycles. The van der Waals surface area contributed by atoms with Gasteiger partial charge in [0.05, 0.1) is 46.0 Å². The van der Waals surface area contributed by atoms with Crippen LogP contribution in [0, 0.1) is 12.7 Å². The first-order chi connectivity index (χ1) is 19.5. The van der Waals surface area contributed by atoms with Crippen LogP contribution in [0.5, 0.6) is 0 Å². The van der Waals surface area contributed by atoms with Gasteiger partial charge in [0.1, 0.15) is 17.6 Å². The van der Waals surface area contributed by atoms with Crippen LogP contribution in [0.4, 0.5) is 13.2 Å². The topological polar surface area (TPSA) is 114 Å². The molecular formula is C28H34BrF3N4O4S. The van der Waals surface area contributed by atoms with Crippen molar-refractivity contribution in [1.82, 2.24) is 20.0 Å². The van der Waals surface area contributed by atoms with E-state index in [4.69, 9.17) is 4.74 Å². The molecule has 2 aliphatic rings. The molecule has 1 saturated heterocycles. The number of alkyl halides is 2. The Bertz CT molecular complexity index is 1370. The molecule has 0 radical (unpaired) electrons. The first-order valence-corrected chi connectivity index (χ1v) is 15.9. The quantitative estimate of drug-likeness (QED) is 0.276. The standard InChI is InChI=1S/C28H34BrF3N4O4S/c1-16-4-3-11-33-23(16)26(27(39)7-9-28(31,32)10-8-27)41-15-21(40-2)24(25(38)22(41)14-37)36-13-20(34-35-36)17-5-6-18(29)19(30)12-17/h3-6,11-13,21-22,24-26,37-39,41H,7-10,14-15H2,1-2H3/t21-,22+,24+,25-,26+/m0/s1. The zero-order chi connectivity index (χ0) is 29.5. The fourth-order valence-corrected chi connectivity index (χ4v) is 10.3. The van der Waals surface area contributed by atoms with Gasteiger partial charge < -0.3 is 20.1 Å². The van der Waals surface area contributed by atoms with E-state index in [1.165, 1.54) is 17.9 Å². The summed E-state index contributed by atoms with van der Waals surface area (Å²) in [6, 6.07) is 7.48. The third kappa shape index (κ3) is 5.94. The Hall–Kier alpha value is -2.03. The molecule has 13 heteroatoms. The van der Waals surface area contributed by atoms with E-state index in [9.17, 15) is 28.5 Å². The third-order valence-corrected chi connectivity index (χ3v) is 12.6. The zero-order valence-electron chi connectivity index (χ0n) is 22.7. The fourth-order valence-electron chi connectivity index (χ4n) is 6.18. The summed E-state index contributed by atoms with van der Waals surface area (Å²) in [6.45, 7) is 1.46. The number of hydrogen-bond donors (Lipinski definition) is 4. The Morgan fingerprint density at radius 3 is 2.59 bits per heavy atom. The van der Waals surface area contributed by atoms with E-state index in [0.717, 1.165) is 5.56 Å². The first kappa shape index (κ1) is 30.4. The average Bonchev–Trinajstić information content (AvgIpc) is 3.43. The van der Waals surface area contributed by atoms with Crippen molar-refractivity contribution < 1.29 is 33.2 Å². The van der Waals surface area contributed by atoms with Gasteiger partial charge in [0.25, 0.3) is 0 Å². The van der Waals surface area contributed by atoms with Crippen LogP contribution in [-0.4, -0.2) is 83.7 Å². The summed E-state index contributed by atoms with van der Waals surface area (Å²) in [6.07, 6.45) is 0.305. The largest absolute Gasteiger partial charge is 0.395 e. The van der Waals surface area contributed by atoms with Gasteiger partial charge in [0.2, 0.25) is 5.92 Å². The van der Waals surface area contributed by atoms with Crippen LogP contribution in [-0.2, 0) is 4.74 Å². The Morgan fingerprint density at radius 2 is 1.95 bits per heavy atom. The molecule has 0 amide bonds. The second kappa shape index (κ2) is 11.9. The van der Waals surface area contributed by atoms with Crippen molar-refractivity contribution in [2.75, 3.05) is 19.5 Å². The normalized spacial score (nSPS) is 29.2. The van der Waals surface area contributed by atoms with Crippen LogP contribution in [0.1, 0.15) is 48.2 Å². The van der Waals surface area contributed by atoms with Crippen molar-refractivity contribution in [1.29, 1.82) is 0 Å². The van der Waals surface area contributed by atoms with E-state index in [2.05, 4.69) is 31.2 Å². The Labute approximate surface area is 247 Å². The summed E-state index contributed by atoms with van der Waals surface area (Å²) < 4.78 is 50.2. The molecule has 0 spiro atoms. The van der Waals surface area contributed by atoms with Crippen molar-refractivity contribution in [3.63, 3.8) is 0 Å². The molecule has 3 aromatic rings. The summed E-state index contributed by atoms with van der Waals surface area (Å²) in [7, 11) is 0.0712. The highest BCUT2D eigenvalue weighted by Gasteiger charge is 2.54. The molecule has 1 aromatic carbocycles. The lowest BCUT2D eigenvalue weighted by molar-refractivity contribution is -0.105. The minimum absolute atomic E-state index is 0.120. The van der Waals surface area contributed by atoms with E-state index in [-0.39, 0.29) is 12.8 Å². The van der Waals surface area contributed by atoms with E-state index in [1.807, 2.05) is 13.0 Å². The highest BCUT2D eigenvalue weighted by atomic mass is 79.9. The average molecular weight is 660 g/mol. The van der Waals surface area contributed by atoms with Crippen LogP contribution in [0.2, 0.25) is 0 Å². The molecule has 6 atom stereocenters. The smallest absolute Gasteiger partial charge is 0.248 e. The predicted octanol–water partition coefficient (Wildman–Crippen LogP) is 4.52. The molecule has 224 valence electrons. The van der Waals surface area contributed by atoms with Gasteiger partial charge in [-0.2, -0.15) is 0 Å². The van der Waals surface area contributed by atoms with Gasteiger partial charge in [0, 0.05) is 42.7 Å². The SMILES string of the molecule is CO[C@H]1C[SH]([C@H](c2ncccc2C)C2(O)CCC(F)(F)CC2)[C@H](CO)[C@H](O)[C@@H]1n1cc(-c2ccc(Br)c(F)c2)nn1. The van der Waals surface area contributed by atoms with Crippen molar-refractivity contribution in [3.05, 3.63) is 64.3 Å². The lowest BCUT2D eigenvalue weighted by Gasteiger charge is -2.53. The number of aromatic nitrogens is 4. The number of rotatable bonds is 7. The summed E-state index contributed by atoms with van der Waals surface area (Å²) >= 11 is 3.14. The van der Waals surface area contributed by atoms with Gasteiger partial charge in [0.15, 0.2) is 0 Å². The molecule has 5 rings (SSSR count). The number of aryl methyl sites for hydroxylation is 1. The van der Waals surface area contributed by atoms with Gasteiger partial charge in [-0.05, 0) is 59.5 Å². The van der Waals surface area contributed by atoms with Gasteiger partial charge in [-0.25, -0.2) is 28.7 Å². The number of nitrogens with zero attached hydrogens (tertiary/aromatic N) is 4. The van der Waals surface area contributed by atoms with Crippen LogP contribution in [0.25, 0.3) is 11.3 Å². The molecule has 2 fully saturated rings. The molecule has 41 heavy (non-hydrogen) atoms. The van der Waals surface area contributed by atoms with E-state index in [1.54, 1.807) is 30.6 Å². The third-order valence-electron chi connectivity index (χ3n) is 8.46. The molecule has 0 bridgehead atoms. The number of methoxy groups -OCH3 is 1. The Balaban J connectivity index is 1.51. The number of pyridine rings is 1. The van der Waals surface area contributed by atoms with Gasteiger partial charge in [-0.1, -0.05) is 17.3 Å². The summed E-state index contributed by atoms with van der Waals surface area (Å²) in [5.41, 5.74) is 0.795. The molecule has 1 unspecified atom stereocenters. The maximum Gasteiger partial charge on any atom is 0.248 e. The number of hydrogen-bond acceptors (Lipinski definition) is 7. The summed E-state index contributed by atoms with van der Waals surface area (Å²) in [5.74, 6) is -2.96. The summed E-state index contributed by atoms with van der Waals surface area (Å²) in [5, 5.41) is 41.4. The number of ether oxygens (including phenoxy) is 1. The molecule has 8 nitrogen and oxygen atoms in total. The second-order valence-corrected chi connectivity index (χ2v) is 14.4. The summed E-state index contributed by atoms with van der Waals surface area (Å²) in [4.78, 5) is 4.59. The van der Waals surface area contributed by atoms with Crippen LogP contribution >= 0.6 is 26.8 Å². The molecule has 2 aromatic heterocycles. The monoisotopic (exact) mass is 658 g/mol. The number of halogens is 4. The first-order valence-electron chi connectivity index (χ1n) is 13.4. The maximum absolute atomic E-state index is 14.2. The zero-order valence-corrected chi connectivity index (χ0v) is 25.1. The van der Waals surface area contributed by atoms with E-state index < -0.39 is 76.4 Å². The number of benzene rings is 1. The van der Waals surface area contributed by atoms with Gasteiger partial charge >= 0.3 is 0 Å². The van der Waals surface area contributed by atoms with Crippen molar-refractivity contribution >= 4 is 26.8 Å². The lowest BCUT2D eigenvalue weighted by atomic mass is 9.79. The highest BCUT2D eigenvalue weighted by Crippen LogP contribution is 2.61. The number of aliphatic hydroxyl groups excluding tert-OH is 2. The Kier molecular flexibility index (Phi) is 8.85. The maximum atomic E-state index is 14.2. The van der Waals surface area contributed by atoms with Gasteiger partial charge in [-0.3, -0.25) is 4.98 Å². The molecule has 3 N–H and O–H groups in total. The Morgan fingerprint density at radius 1 is 1.22 bits per heavy atom. The van der Waals surface area contributed by atoms with E-state index in [0.29, 0.717) is 27.2 Å². The van der Waals surface area contributed by atoms with Crippen LogP contribution in [0.15, 0.2) is 47.2 Å². The molecule has 1 aliphatic carbocycles. The number of thiol groups is 1. The minimum Gasteiger partial charge on any atom is -0.395 e. The molecular weight excluding hydrogens is 625 g/mol. The van der Waals surface area contributed by atoms with Crippen molar-refractivity contribution in [2.24, 2.45) is 0 Å². The van der Waals surface area contributed by atoms with Crippen molar-refractivity contribution in [2.45, 2.75) is 72.9 Å². The molecule has 1 aliphatic heterocycles. The van der Waals surface area contributed by atoms with Crippen molar-refractivity contribution in [3.8, 4) is 11.3 Å². The fraction of sp³-hybridized carbons (Fsp3) is 0.536. The molecule has 1 saturated carbocycles. The van der Waals surface area contributed by atoms with E-state index >= 15 is 0 Å². The van der Waals surface area contributed by atoms with Crippen LogP contribution < -0.4 is 0 Å². The second-order valence-electron chi connectivity index (χ2n) is 11.0. The number of aliphatic hydroxyl groups is 3. The highest BCUT2D eigenvalue weighted by molar-refractivity contribution is 9.10. The lowest BCUT2D eigenvalue weighted by Crippen LogP contribution is -2.54. The van der Waals surface area contributed by atoms with Gasteiger partial charge in [-0.15, -0.1) is 5.10 Å². The predicted molar refractivity (Wildman–Crippen MR) is 154 cm³/mol.